The molecule has 0 aromatic heterocycles. The van der Waals surface area contributed by atoms with Crippen LogP contribution in [0, 0.1) is 0 Å². The molecule has 1 nitrogen and oxygen atoms in total. The van der Waals surface area contributed by atoms with Crippen LogP contribution in [0.2, 0.25) is 0 Å². The molecule has 0 amide bonds. The van der Waals surface area contributed by atoms with Crippen LogP contribution in [0.1, 0.15) is 25.0 Å². The number of hydrogen-bond donors (Lipinski definition) is 0. The molecule has 0 unspecified atom stereocenters. The van der Waals surface area contributed by atoms with Crippen LogP contribution < -0.4 is 4.90 Å². The van der Waals surface area contributed by atoms with E-state index in [1.165, 1.54) is 87.6 Å². The monoisotopic (exact) mass is 713 g/mol. The lowest BCUT2D eigenvalue weighted by atomic mass is 9.82. The van der Waals surface area contributed by atoms with Crippen LogP contribution in [0.25, 0.3) is 76.5 Å². The number of anilines is 3. The maximum atomic E-state index is 2.40. The van der Waals surface area contributed by atoms with Gasteiger partial charge in [0.25, 0.3) is 0 Å². The number of hydrogen-bond acceptors (Lipinski definition) is 1. The topological polar surface area (TPSA) is 3.24 Å². The van der Waals surface area contributed by atoms with Gasteiger partial charge in [-0.25, -0.2) is 0 Å². The zero-order valence-electron chi connectivity index (χ0n) is 31.5. The molecular weight excluding hydrogens is 675 g/mol. The maximum Gasteiger partial charge on any atom is 0.0468 e. The Bertz CT molecular complexity index is 3150. The first kappa shape index (κ1) is 32.5. The van der Waals surface area contributed by atoms with Crippen LogP contribution in [0.5, 0.6) is 0 Å². The van der Waals surface area contributed by atoms with Crippen LogP contribution in [0.4, 0.5) is 17.1 Å². The van der Waals surface area contributed by atoms with Crippen molar-refractivity contribution in [3.05, 3.63) is 211 Å². The lowest BCUT2D eigenvalue weighted by Crippen LogP contribution is -2.15. The summed E-state index contributed by atoms with van der Waals surface area (Å²) in [5.41, 5.74) is 13.6. The van der Waals surface area contributed by atoms with E-state index in [0.29, 0.717) is 0 Å². The van der Waals surface area contributed by atoms with E-state index in [1.807, 2.05) is 0 Å². The molecule has 0 bridgehead atoms. The first-order chi connectivity index (χ1) is 27.5. The zero-order valence-corrected chi connectivity index (χ0v) is 31.5. The van der Waals surface area contributed by atoms with Crippen molar-refractivity contribution in [2.24, 2.45) is 0 Å². The Labute approximate surface area is 327 Å². The lowest BCUT2D eigenvalue weighted by molar-refractivity contribution is 0.660. The first-order valence-corrected chi connectivity index (χ1v) is 19.6. The molecule has 264 valence electrons. The summed E-state index contributed by atoms with van der Waals surface area (Å²) in [6.45, 7) is 4.69. The standard InChI is InChI=1S/C55H39N/c1-55(2)52-14-8-7-13-49(52)51-35-47(31-32-53(51)55)56(45-27-23-37(24-28-45)43-21-15-36-9-3-4-11-42(36)33-43)46-29-25-38(26-30-46)44-22-18-40-17-20-41-19-16-39-10-5-6-12-48(39)54(41)50(40)34-44/h3-35H,1-2H3. The third kappa shape index (κ3) is 5.16. The maximum absolute atomic E-state index is 2.40. The van der Waals surface area contributed by atoms with Gasteiger partial charge in [-0.2, -0.15) is 0 Å². The van der Waals surface area contributed by atoms with Crippen molar-refractivity contribution in [3.8, 4) is 33.4 Å². The molecular formula is C55H39N. The minimum atomic E-state index is -0.0457. The van der Waals surface area contributed by atoms with Gasteiger partial charge in [-0.1, -0.05) is 166 Å². The van der Waals surface area contributed by atoms with Crippen molar-refractivity contribution in [2.75, 3.05) is 4.90 Å². The summed E-state index contributed by atoms with van der Waals surface area (Å²) >= 11 is 0. The molecule has 1 heteroatoms. The number of nitrogens with zero attached hydrogens (tertiary/aromatic N) is 1. The Morgan fingerprint density at radius 2 is 0.821 bits per heavy atom. The van der Waals surface area contributed by atoms with E-state index in [0.717, 1.165) is 17.1 Å². The highest BCUT2D eigenvalue weighted by Crippen LogP contribution is 2.50. The first-order valence-electron chi connectivity index (χ1n) is 19.6. The molecule has 0 N–H and O–H groups in total. The van der Waals surface area contributed by atoms with E-state index in [2.05, 4.69) is 219 Å². The van der Waals surface area contributed by atoms with Gasteiger partial charge in [-0.05, 0) is 136 Å². The quantitative estimate of drug-likeness (QED) is 0.161. The van der Waals surface area contributed by atoms with Crippen molar-refractivity contribution in [2.45, 2.75) is 19.3 Å². The molecule has 1 aliphatic rings. The fourth-order valence-electron chi connectivity index (χ4n) is 9.27. The van der Waals surface area contributed by atoms with Gasteiger partial charge in [0.2, 0.25) is 0 Å². The Morgan fingerprint density at radius 1 is 0.321 bits per heavy atom. The largest absolute Gasteiger partial charge is 0.310 e. The summed E-state index contributed by atoms with van der Waals surface area (Å²) in [6, 6.07) is 74.0. The summed E-state index contributed by atoms with van der Waals surface area (Å²) in [4.78, 5) is 2.40. The van der Waals surface area contributed by atoms with E-state index < -0.39 is 0 Å². The van der Waals surface area contributed by atoms with Gasteiger partial charge in [-0.3, -0.25) is 0 Å². The van der Waals surface area contributed by atoms with E-state index in [9.17, 15) is 0 Å². The molecule has 0 fully saturated rings. The van der Waals surface area contributed by atoms with Gasteiger partial charge in [0, 0.05) is 22.5 Å². The van der Waals surface area contributed by atoms with E-state index in [-0.39, 0.29) is 5.41 Å². The summed E-state index contributed by atoms with van der Waals surface area (Å²) in [7, 11) is 0. The van der Waals surface area contributed by atoms with E-state index >= 15 is 0 Å². The molecule has 1 aliphatic carbocycles. The molecule has 0 saturated carbocycles. The number of benzene rings is 10. The molecule has 0 radical (unpaired) electrons. The molecule has 0 saturated heterocycles. The minimum Gasteiger partial charge on any atom is -0.310 e. The second kappa shape index (κ2) is 12.5. The number of rotatable bonds is 5. The second-order valence-electron chi connectivity index (χ2n) is 15.8. The Kier molecular flexibility index (Phi) is 7.28. The molecule has 0 aliphatic heterocycles. The molecule has 11 rings (SSSR count). The van der Waals surface area contributed by atoms with Gasteiger partial charge in [-0.15, -0.1) is 0 Å². The van der Waals surface area contributed by atoms with Crippen LogP contribution in [0.15, 0.2) is 200 Å². The van der Waals surface area contributed by atoms with Crippen LogP contribution in [-0.2, 0) is 5.41 Å². The normalized spacial score (nSPS) is 13.0. The summed E-state index contributed by atoms with van der Waals surface area (Å²) in [5, 5.41) is 10.2. The van der Waals surface area contributed by atoms with Gasteiger partial charge in [0.15, 0.2) is 0 Å². The van der Waals surface area contributed by atoms with Gasteiger partial charge < -0.3 is 4.90 Å². The fourth-order valence-corrected chi connectivity index (χ4v) is 9.27. The molecule has 0 atom stereocenters. The van der Waals surface area contributed by atoms with Crippen molar-refractivity contribution >= 4 is 60.2 Å². The van der Waals surface area contributed by atoms with Crippen LogP contribution in [-0.4, -0.2) is 0 Å². The molecule has 10 aromatic rings. The lowest BCUT2D eigenvalue weighted by Gasteiger charge is -2.27. The van der Waals surface area contributed by atoms with Gasteiger partial charge in [0.1, 0.15) is 0 Å². The highest BCUT2D eigenvalue weighted by atomic mass is 15.1. The van der Waals surface area contributed by atoms with E-state index in [1.54, 1.807) is 0 Å². The minimum absolute atomic E-state index is 0.0457. The van der Waals surface area contributed by atoms with E-state index in [4.69, 9.17) is 0 Å². The van der Waals surface area contributed by atoms with Crippen molar-refractivity contribution in [1.29, 1.82) is 0 Å². The third-order valence-corrected chi connectivity index (χ3v) is 12.2. The van der Waals surface area contributed by atoms with Crippen LogP contribution >= 0.6 is 0 Å². The average molecular weight is 714 g/mol. The highest BCUT2D eigenvalue weighted by molar-refractivity contribution is 6.20. The van der Waals surface area contributed by atoms with Gasteiger partial charge >= 0.3 is 0 Å². The Hall–Kier alpha value is -6.96. The SMILES string of the molecule is CC1(C)c2ccccc2-c2cc(N(c3ccc(-c4ccc5ccccc5c4)cc3)c3ccc(-c4ccc5ccc6ccc7ccccc7c6c5c4)cc3)ccc21. The Balaban J connectivity index is 1.02. The third-order valence-electron chi connectivity index (χ3n) is 12.2. The molecule has 0 heterocycles. The predicted molar refractivity (Wildman–Crippen MR) is 240 cm³/mol. The molecule has 10 aromatic carbocycles. The summed E-state index contributed by atoms with van der Waals surface area (Å²) in [5.74, 6) is 0. The Morgan fingerprint density at radius 3 is 1.55 bits per heavy atom. The smallest absolute Gasteiger partial charge is 0.0468 e. The fraction of sp³-hybridized carbons (Fsp3) is 0.0545. The van der Waals surface area contributed by atoms with Gasteiger partial charge in [0.05, 0.1) is 0 Å². The predicted octanol–water partition coefficient (Wildman–Crippen LogP) is 15.4. The van der Waals surface area contributed by atoms with Crippen molar-refractivity contribution in [1.82, 2.24) is 0 Å². The zero-order chi connectivity index (χ0) is 37.4. The van der Waals surface area contributed by atoms with Crippen molar-refractivity contribution in [3.63, 3.8) is 0 Å². The summed E-state index contributed by atoms with van der Waals surface area (Å²) in [6.07, 6.45) is 0. The van der Waals surface area contributed by atoms with Crippen molar-refractivity contribution < 1.29 is 0 Å². The molecule has 0 spiro atoms. The summed E-state index contributed by atoms with van der Waals surface area (Å²) < 4.78 is 0. The number of fused-ring (bicyclic) bond motifs is 9. The second-order valence-corrected chi connectivity index (χ2v) is 15.8. The highest BCUT2D eigenvalue weighted by Gasteiger charge is 2.35. The molecule has 56 heavy (non-hydrogen) atoms. The average Bonchev–Trinajstić information content (AvgIpc) is 3.49. The van der Waals surface area contributed by atoms with Crippen LogP contribution in [0.3, 0.4) is 0 Å².